The number of nitrogens with one attached hydrogen (secondary N) is 1. The van der Waals surface area contributed by atoms with Crippen LogP contribution in [-0.4, -0.2) is 29.8 Å². The molecule has 1 atom stereocenters. The molecule has 4 nitrogen and oxygen atoms in total. The second-order valence-corrected chi connectivity index (χ2v) is 5.13. The van der Waals surface area contributed by atoms with E-state index in [4.69, 9.17) is 0 Å². The predicted molar refractivity (Wildman–Crippen MR) is 68.6 cm³/mol. The van der Waals surface area contributed by atoms with Crippen LogP contribution in [0.4, 0.5) is 10.1 Å². The van der Waals surface area contributed by atoms with Crippen molar-refractivity contribution in [3.05, 3.63) is 28.0 Å². The van der Waals surface area contributed by atoms with Crippen molar-refractivity contribution >= 4 is 33.4 Å². The number of carbonyl (C=O) groups is 2. The van der Waals surface area contributed by atoms with Gasteiger partial charge in [-0.2, -0.15) is 0 Å². The first-order chi connectivity index (χ1) is 8.40. The molecule has 96 valence electrons. The first-order valence-electron chi connectivity index (χ1n) is 5.42. The van der Waals surface area contributed by atoms with Crippen molar-refractivity contribution in [1.82, 2.24) is 4.90 Å². The van der Waals surface area contributed by atoms with Gasteiger partial charge in [-0.25, -0.2) is 4.39 Å². The quantitative estimate of drug-likeness (QED) is 0.850. The molecule has 1 aliphatic rings. The van der Waals surface area contributed by atoms with Crippen LogP contribution in [0.1, 0.15) is 12.0 Å². The summed E-state index contributed by atoms with van der Waals surface area (Å²) >= 11 is 3.09. The van der Waals surface area contributed by atoms with E-state index in [0.717, 1.165) is 4.90 Å². The van der Waals surface area contributed by atoms with Gasteiger partial charge in [-0.1, -0.05) is 0 Å². The monoisotopic (exact) mass is 314 g/mol. The molecule has 1 unspecified atom stereocenters. The van der Waals surface area contributed by atoms with Gasteiger partial charge in [0.2, 0.25) is 5.91 Å². The summed E-state index contributed by atoms with van der Waals surface area (Å²) in [7, 11) is 1.46. The fraction of sp³-hybridized carbons (Fsp3) is 0.333. The number of likely N-dealkylation sites (N-methyl/N-ethyl adjacent to an activating group) is 1. The van der Waals surface area contributed by atoms with Gasteiger partial charge < -0.3 is 5.32 Å². The maximum absolute atomic E-state index is 13.3. The van der Waals surface area contributed by atoms with Gasteiger partial charge in [-0.05, 0) is 40.5 Å². The molecule has 1 heterocycles. The lowest BCUT2D eigenvalue weighted by molar-refractivity contribution is -0.136. The topological polar surface area (TPSA) is 49.4 Å². The van der Waals surface area contributed by atoms with Crippen molar-refractivity contribution in [1.29, 1.82) is 0 Å². The summed E-state index contributed by atoms with van der Waals surface area (Å²) in [6.07, 6.45) is 0.129. The van der Waals surface area contributed by atoms with Crippen molar-refractivity contribution in [3.63, 3.8) is 0 Å². The second-order valence-electron chi connectivity index (χ2n) is 4.27. The van der Waals surface area contributed by atoms with Crippen LogP contribution in [0.25, 0.3) is 0 Å². The Morgan fingerprint density at radius 3 is 2.67 bits per heavy atom. The lowest BCUT2D eigenvalue weighted by Crippen LogP contribution is -2.32. The van der Waals surface area contributed by atoms with E-state index in [9.17, 15) is 14.0 Å². The molecule has 2 rings (SSSR count). The number of hydrogen-bond acceptors (Lipinski definition) is 3. The molecular weight excluding hydrogens is 303 g/mol. The van der Waals surface area contributed by atoms with Crippen LogP contribution >= 0.6 is 15.9 Å². The Hall–Kier alpha value is -1.43. The minimum atomic E-state index is -0.571. The molecule has 1 aliphatic heterocycles. The van der Waals surface area contributed by atoms with Crippen molar-refractivity contribution in [2.24, 2.45) is 0 Å². The number of hydrogen-bond donors (Lipinski definition) is 1. The van der Waals surface area contributed by atoms with Crippen molar-refractivity contribution in [2.75, 3.05) is 12.4 Å². The Morgan fingerprint density at radius 2 is 2.11 bits per heavy atom. The van der Waals surface area contributed by atoms with Crippen LogP contribution < -0.4 is 5.32 Å². The largest absolute Gasteiger partial charge is 0.373 e. The Bertz CT molecular complexity index is 533. The first-order valence-corrected chi connectivity index (χ1v) is 6.22. The zero-order chi connectivity index (χ0) is 13.4. The van der Waals surface area contributed by atoms with Gasteiger partial charge in [-0.3, -0.25) is 14.5 Å². The summed E-state index contributed by atoms with van der Waals surface area (Å²) in [4.78, 5) is 24.2. The molecule has 0 bridgehead atoms. The normalized spacial score (nSPS) is 19.6. The van der Waals surface area contributed by atoms with E-state index in [1.165, 1.54) is 13.1 Å². The standard InChI is InChI=1S/C12H12BrFN2O2/c1-6-3-8(14)7(13)4-9(6)15-10-5-11(17)16(2)12(10)18/h3-4,10,15H,5H2,1-2H3. The third-order valence-corrected chi connectivity index (χ3v) is 3.59. The van der Waals surface area contributed by atoms with Gasteiger partial charge in [0.05, 0.1) is 10.9 Å². The van der Waals surface area contributed by atoms with Gasteiger partial charge in [-0.15, -0.1) is 0 Å². The summed E-state index contributed by atoms with van der Waals surface area (Å²) < 4.78 is 13.6. The van der Waals surface area contributed by atoms with Crippen molar-refractivity contribution < 1.29 is 14.0 Å². The van der Waals surface area contributed by atoms with Gasteiger partial charge in [0.15, 0.2) is 0 Å². The maximum Gasteiger partial charge on any atom is 0.251 e. The molecular formula is C12H12BrFN2O2. The second kappa shape index (κ2) is 4.68. The van der Waals surface area contributed by atoms with Crippen molar-refractivity contribution in [2.45, 2.75) is 19.4 Å². The van der Waals surface area contributed by atoms with Crippen LogP contribution in [-0.2, 0) is 9.59 Å². The Morgan fingerprint density at radius 1 is 1.44 bits per heavy atom. The van der Waals surface area contributed by atoms with E-state index < -0.39 is 6.04 Å². The van der Waals surface area contributed by atoms with E-state index in [0.29, 0.717) is 15.7 Å². The Balaban J connectivity index is 2.23. The fourth-order valence-corrected chi connectivity index (χ4v) is 2.20. The van der Waals surface area contributed by atoms with Crippen molar-refractivity contribution in [3.8, 4) is 0 Å². The molecule has 1 aromatic carbocycles. The van der Waals surface area contributed by atoms with Crippen LogP contribution in [0.3, 0.4) is 0 Å². The van der Waals surface area contributed by atoms with Crippen LogP contribution in [0.2, 0.25) is 0 Å². The molecule has 1 N–H and O–H groups in total. The van der Waals surface area contributed by atoms with E-state index in [-0.39, 0.29) is 24.1 Å². The van der Waals surface area contributed by atoms with E-state index in [1.54, 1.807) is 13.0 Å². The minimum Gasteiger partial charge on any atom is -0.373 e. The third kappa shape index (κ3) is 2.25. The third-order valence-electron chi connectivity index (χ3n) is 2.98. The van der Waals surface area contributed by atoms with Gasteiger partial charge in [0, 0.05) is 12.7 Å². The molecule has 6 heteroatoms. The molecule has 0 saturated carbocycles. The molecule has 0 radical (unpaired) electrons. The van der Waals surface area contributed by atoms with E-state index in [1.807, 2.05) is 0 Å². The molecule has 0 spiro atoms. The summed E-state index contributed by atoms with van der Waals surface area (Å²) in [6, 6.07) is 2.37. The first kappa shape index (κ1) is 13.0. The minimum absolute atomic E-state index is 0.129. The molecule has 1 saturated heterocycles. The van der Waals surface area contributed by atoms with Gasteiger partial charge in [0.25, 0.3) is 5.91 Å². The Kier molecular flexibility index (Phi) is 3.38. The number of benzene rings is 1. The lowest BCUT2D eigenvalue weighted by Gasteiger charge is -2.15. The summed E-state index contributed by atoms with van der Waals surface area (Å²) in [5.41, 5.74) is 1.33. The number of carbonyl (C=O) groups excluding carboxylic acids is 2. The molecule has 2 amide bonds. The number of anilines is 1. The van der Waals surface area contributed by atoms with Gasteiger partial charge >= 0.3 is 0 Å². The molecule has 0 aromatic heterocycles. The molecule has 0 aliphatic carbocycles. The highest BCUT2D eigenvalue weighted by Crippen LogP contribution is 2.26. The number of halogens is 2. The SMILES string of the molecule is Cc1cc(F)c(Br)cc1NC1CC(=O)N(C)C1=O. The highest BCUT2D eigenvalue weighted by molar-refractivity contribution is 9.10. The number of aryl methyl sites for hydroxylation is 1. The average molecular weight is 315 g/mol. The Labute approximate surface area is 112 Å². The highest BCUT2D eigenvalue weighted by Gasteiger charge is 2.36. The number of imide groups is 1. The smallest absolute Gasteiger partial charge is 0.251 e. The average Bonchev–Trinajstić information content (AvgIpc) is 2.54. The molecule has 18 heavy (non-hydrogen) atoms. The predicted octanol–water partition coefficient (Wildman–Crippen LogP) is 2.07. The summed E-state index contributed by atoms with van der Waals surface area (Å²) in [5.74, 6) is -0.833. The number of likely N-dealkylation sites (tertiary alicyclic amines) is 1. The van der Waals surface area contributed by atoms with E-state index >= 15 is 0 Å². The number of rotatable bonds is 2. The number of nitrogens with zero attached hydrogens (tertiary/aromatic N) is 1. The zero-order valence-electron chi connectivity index (χ0n) is 9.96. The van der Waals surface area contributed by atoms with E-state index in [2.05, 4.69) is 21.2 Å². The maximum atomic E-state index is 13.3. The number of amides is 2. The molecule has 1 aromatic rings. The van der Waals surface area contributed by atoms with Gasteiger partial charge in [0.1, 0.15) is 11.9 Å². The van der Waals surface area contributed by atoms with Crippen LogP contribution in [0.5, 0.6) is 0 Å². The zero-order valence-corrected chi connectivity index (χ0v) is 11.5. The summed E-state index contributed by atoms with van der Waals surface area (Å²) in [6.45, 7) is 1.74. The fourth-order valence-electron chi connectivity index (χ4n) is 1.86. The summed E-state index contributed by atoms with van der Waals surface area (Å²) in [5, 5.41) is 2.98. The van der Waals surface area contributed by atoms with Crippen LogP contribution in [0, 0.1) is 12.7 Å². The lowest BCUT2D eigenvalue weighted by atomic mass is 10.1. The molecule has 1 fully saturated rings. The highest BCUT2D eigenvalue weighted by atomic mass is 79.9. The van der Waals surface area contributed by atoms with Crippen LogP contribution in [0.15, 0.2) is 16.6 Å².